The molecule has 200 valence electrons. The van der Waals surface area contributed by atoms with Crippen molar-refractivity contribution in [1.29, 1.82) is 0 Å². The highest BCUT2D eigenvalue weighted by atomic mass is 35.5. The van der Waals surface area contributed by atoms with E-state index in [4.69, 9.17) is 38.7 Å². The fourth-order valence-electron chi connectivity index (χ4n) is 4.24. The van der Waals surface area contributed by atoms with Crippen molar-refractivity contribution < 1.29 is 14.6 Å². The number of anilines is 1. The zero-order valence-corrected chi connectivity index (χ0v) is 23.0. The summed E-state index contributed by atoms with van der Waals surface area (Å²) >= 11 is 12.4. The monoisotopic (exact) mass is 569 g/mol. The van der Waals surface area contributed by atoms with Crippen LogP contribution in [0.25, 0.3) is 34.5 Å². The van der Waals surface area contributed by atoms with E-state index < -0.39 is 5.97 Å². The van der Waals surface area contributed by atoms with Crippen LogP contribution in [0.5, 0.6) is 11.5 Å². The van der Waals surface area contributed by atoms with Gasteiger partial charge in [-0.1, -0.05) is 65.7 Å². The third-order valence-electron chi connectivity index (χ3n) is 6.37. The van der Waals surface area contributed by atoms with Crippen molar-refractivity contribution in [2.75, 3.05) is 5.73 Å². The van der Waals surface area contributed by atoms with Gasteiger partial charge in [0.15, 0.2) is 0 Å². The summed E-state index contributed by atoms with van der Waals surface area (Å²) in [6.07, 6.45) is 6.01. The SMILES string of the molecule is CCn1cc(-c2ccc(Cl)cc2Cl)nc1C=Cc1ccc(-c2ccc(Oc3ccc(N)c(C(=O)O)c3)cc2)cc1. The minimum absolute atomic E-state index is 0.00771. The standard InChI is InChI=1S/C32H25Cl2N3O3/c1-2-37-19-30(26-14-10-23(33)17-28(26)34)36-31(37)16-5-20-3-6-21(7-4-20)22-8-11-24(12-9-22)40-25-13-15-29(35)27(18-25)32(38)39/h3-19H,2,35H2,1H3,(H,38,39). The molecule has 0 atom stereocenters. The predicted molar refractivity (Wildman–Crippen MR) is 162 cm³/mol. The van der Waals surface area contributed by atoms with E-state index in [-0.39, 0.29) is 11.3 Å². The Balaban J connectivity index is 1.28. The van der Waals surface area contributed by atoms with E-state index in [0.717, 1.165) is 40.3 Å². The first-order valence-corrected chi connectivity index (χ1v) is 13.3. The van der Waals surface area contributed by atoms with Crippen molar-refractivity contribution in [3.8, 4) is 33.9 Å². The van der Waals surface area contributed by atoms with Gasteiger partial charge in [0.05, 0.1) is 16.3 Å². The molecule has 8 heteroatoms. The lowest BCUT2D eigenvalue weighted by atomic mass is 10.0. The first-order valence-electron chi connectivity index (χ1n) is 12.5. The Morgan fingerprint density at radius 1 is 0.925 bits per heavy atom. The average molecular weight is 570 g/mol. The van der Waals surface area contributed by atoms with Crippen molar-refractivity contribution in [2.24, 2.45) is 0 Å². The van der Waals surface area contributed by atoms with Gasteiger partial charge < -0.3 is 20.1 Å². The Morgan fingerprint density at radius 2 is 1.60 bits per heavy atom. The fourth-order valence-corrected chi connectivity index (χ4v) is 4.74. The molecule has 4 aromatic carbocycles. The van der Waals surface area contributed by atoms with Crippen molar-refractivity contribution in [3.05, 3.63) is 118 Å². The number of carbonyl (C=O) groups is 1. The van der Waals surface area contributed by atoms with Crippen LogP contribution in [0, 0.1) is 0 Å². The maximum absolute atomic E-state index is 11.3. The number of rotatable bonds is 8. The van der Waals surface area contributed by atoms with Gasteiger partial charge in [0.25, 0.3) is 0 Å². The summed E-state index contributed by atoms with van der Waals surface area (Å²) < 4.78 is 7.89. The maximum Gasteiger partial charge on any atom is 0.337 e. The topological polar surface area (TPSA) is 90.4 Å². The number of aromatic carboxylic acids is 1. The summed E-state index contributed by atoms with van der Waals surface area (Å²) in [7, 11) is 0. The zero-order valence-electron chi connectivity index (χ0n) is 21.5. The molecule has 0 amide bonds. The van der Waals surface area contributed by atoms with E-state index in [9.17, 15) is 9.90 Å². The van der Waals surface area contributed by atoms with E-state index in [1.54, 1.807) is 12.1 Å². The van der Waals surface area contributed by atoms with Gasteiger partial charge in [-0.15, -0.1) is 0 Å². The third kappa shape index (κ3) is 6.04. The highest BCUT2D eigenvalue weighted by Gasteiger charge is 2.12. The lowest BCUT2D eigenvalue weighted by Crippen LogP contribution is -2.02. The van der Waals surface area contributed by atoms with E-state index in [2.05, 4.69) is 23.6 Å². The minimum Gasteiger partial charge on any atom is -0.478 e. The molecule has 0 spiro atoms. The molecule has 0 aliphatic heterocycles. The Morgan fingerprint density at radius 3 is 2.25 bits per heavy atom. The van der Waals surface area contributed by atoms with Crippen LogP contribution in [0.3, 0.4) is 0 Å². The highest BCUT2D eigenvalue weighted by molar-refractivity contribution is 6.36. The molecule has 0 fully saturated rings. The smallest absolute Gasteiger partial charge is 0.337 e. The molecule has 0 aliphatic carbocycles. The molecule has 0 saturated carbocycles. The molecule has 0 aliphatic rings. The summed E-state index contributed by atoms with van der Waals surface area (Å²) in [6.45, 7) is 2.84. The lowest BCUT2D eigenvalue weighted by molar-refractivity contribution is 0.0697. The van der Waals surface area contributed by atoms with Gasteiger partial charge >= 0.3 is 5.97 Å². The quantitative estimate of drug-likeness (QED) is 0.182. The van der Waals surface area contributed by atoms with Crippen LogP contribution in [-0.2, 0) is 6.54 Å². The summed E-state index contributed by atoms with van der Waals surface area (Å²) in [6, 6.07) is 25.8. The summed E-state index contributed by atoms with van der Waals surface area (Å²) in [5.74, 6) is 0.734. The first kappa shape index (κ1) is 27.1. The van der Waals surface area contributed by atoms with Gasteiger partial charge in [0, 0.05) is 29.0 Å². The molecule has 3 N–H and O–H groups in total. The number of hydrogen-bond donors (Lipinski definition) is 2. The molecule has 0 radical (unpaired) electrons. The number of benzene rings is 4. The average Bonchev–Trinajstić information content (AvgIpc) is 3.36. The second-order valence-electron chi connectivity index (χ2n) is 9.03. The molecule has 0 unspecified atom stereocenters. The van der Waals surface area contributed by atoms with Gasteiger partial charge in [-0.3, -0.25) is 0 Å². The Kier molecular flexibility index (Phi) is 7.91. The number of nitrogen functional groups attached to an aromatic ring is 1. The molecule has 5 rings (SSSR count). The Hall–Kier alpha value is -4.52. The Labute approximate surface area is 241 Å². The third-order valence-corrected chi connectivity index (χ3v) is 6.92. The molecule has 0 saturated heterocycles. The van der Waals surface area contributed by atoms with Crippen LogP contribution >= 0.6 is 23.2 Å². The summed E-state index contributed by atoms with van der Waals surface area (Å²) in [5, 5.41) is 10.4. The lowest BCUT2D eigenvalue weighted by Gasteiger charge is -2.09. The molecular formula is C32H25Cl2N3O3. The van der Waals surface area contributed by atoms with Gasteiger partial charge in [-0.25, -0.2) is 9.78 Å². The molecule has 1 heterocycles. The first-order chi connectivity index (χ1) is 19.3. The largest absolute Gasteiger partial charge is 0.478 e. The number of carboxylic acid groups (broad SMARTS) is 1. The van der Waals surface area contributed by atoms with E-state index >= 15 is 0 Å². The van der Waals surface area contributed by atoms with Crippen LogP contribution in [0.15, 0.2) is 91.1 Å². The normalized spacial score (nSPS) is 11.2. The van der Waals surface area contributed by atoms with Crippen LogP contribution in [0.1, 0.15) is 28.7 Å². The van der Waals surface area contributed by atoms with Crippen LogP contribution in [0.2, 0.25) is 10.0 Å². The number of imidazole rings is 1. The number of aromatic nitrogens is 2. The summed E-state index contributed by atoms with van der Waals surface area (Å²) in [5.41, 5.74) is 10.7. The maximum atomic E-state index is 11.3. The van der Waals surface area contributed by atoms with E-state index in [1.807, 2.05) is 66.9 Å². The fraction of sp³-hybridized carbons (Fsp3) is 0.0625. The number of ether oxygens (including phenoxy) is 1. The number of nitrogens with two attached hydrogens (primary N) is 1. The van der Waals surface area contributed by atoms with E-state index in [1.165, 1.54) is 12.1 Å². The molecule has 0 bridgehead atoms. The predicted octanol–water partition coefficient (Wildman–Crippen LogP) is 8.79. The minimum atomic E-state index is -1.10. The van der Waals surface area contributed by atoms with Crippen molar-refractivity contribution in [3.63, 3.8) is 0 Å². The second kappa shape index (κ2) is 11.7. The Bertz CT molecular complexity index is 1710. The number of halogens is 2. The summed E-state index contributed by atoms with van der Waals surface area (Å²) in [4.78, 5) is 16.1. The molecular weight excluding hydrogens is 545 g/mol. The van der Waals surface area contributed by atoms with Gasteiger partial charge in [0.1, 0.15) is 17.3 Å². The number of hydrogen-bond acceptors (Lipinski definition) is 4. The van der Waals surface area contributed by atoms with Gasteiger partial charge in [-0.05, 0) is 78.2 Å². The van der Waals surface area contributed by atoms with Crippen molar-refractivity contribution >= 4 is 47.0 Å². The molecule has 5 aromatic rings. The van der Waals surface area contributed by atoms with Crippen LogP contribution in [0.4, 0.5) is 5.69 Å². The highest BCUT2D eigenvalue weighted by Crippen LogP contribution is 2.31. The number of aryl methyl sites for hydroxylation is 1. The van der Waals surface area contributed by atoms with Crippen LogP contribution < -0.4 is 10.5 Å². The van der Waals surface area contributed by atoms with Crippen molar-refractivity contribution in [1.82, 2.24) is 9.55 Å². The molecule has 40 heavy (non-hydrogen) atoms. The van der Waals surface area contributed by atoms with Gasteiger partial charge in [0.2, 0.25) is 0 Å². The second-order valence-corrected chi connectivity index (χ2v) is 9.87. The number of nitrogens with zero attached hydrogens (tertiary/aromatic N) is 2. The van der Waals surface area contributed by atoms with E-state index in [0.29, 0.717) is 21.5 Å². The van der Waals surface area contributed by atoms with Crippen LogP contribution in [-0.4, -0.2) is 20.6 Å². The number of carboxylic acids is 1. The van der Waals surface area contributed by atoms with Crippen molar-refractivity contribution in [2.45, 2.75) is 13.5 Å². The molecule has 6 nitrogen and oxygen atoms in total. The molecule has 1 aromatic heterocycles. The zero-order chi connectivity index (χ0) is 28.2. The van der Waals surface area contributed by atoms with Gasteiger partial charge in [-0.2, -0.15) is 0 Å².